The van der Waals surface area contributed by atoms with Gasteiger partial charge in [0.1, 0.15) is 12.4 Å². The van der Waals surface area contributed by atoms with E-state index < -0.39 is 0 Å². The highest BCUT2D eigenvalue weighted by atomic mass is 16.5. The van der Waals surface area contributed by atoms with E-state index in [2.05, 4.69) is 26.9 Å². The van der Waals surface area contributed by atoms with Crippen molar-refractivity contribution in [2.24, 2.45) is 5.92 Å². The number of ether oxygens (including phenoxy) is 1. The van der Waals surface area contributed by atoms with Crippen molar-refractivity contribution >= 4 is 11.6 Å². The molecule has 1 fully saturated rings. The number of carbonyl (C=O) groups excluding carboxylic acids is 1. The second kappa shape index (κ2) is 10.2. The lowest BCUT2D eigenvalue weighted by Crippen LogP contribution is -2.40. The van der Waals surface area contributed by atoms with Crippen LogP contribution in [0.4, 0.5) is 5.69 Å². The number of hydrogen-bond acceptors (Lipinski definition) is 6. The summed E-state index contributed by atoms with van der Waals surface area (Å²) in [6, 6.07) is 15.4. The highest BCUT2D eigenvalue weighted by Gasteiger charge is 2.27. The summed E-state index contributed by atoms with van der Waals surface area (Å²) in [5.74, 6) is 1.86. The second-order valence-corrected chi connectivity index (χ2v) is 8.01. The molecule has 32 heavy (non-hydrogen) atoms. The van der Waals surface area contributed by atoms with E-state index in [0.29, 0.717) is 31.4 Å². The maximum absolute atomic E-state index is 12.8. The van der Waals surface area contributed by atoms with Crippen molar-refractivity contribution in [3.63, 3.8) is 0 Å². The molecule has 0 bridgehead atoms. The number of rotatable bonds is 8. The van der Waals surface area contributed by atoms with Crippen molar-refractivity contribution < 1.29 is 14.1 Å². The molecule has 1 aromatic heterocycles. The predicted octanol–water partition coefficient (Wildman–Crippen LogP) is 4.46. The van der Waals surface area contributed by atoms with Gasteiger partial charge in [-0.15, -0.1) is 0 Å². The van der Waals surface area contributed by atoms with E-state index >= 15 is 0 Å². The lowest BCUT2D eigenvalue weighted by atomic mass is 9.97. The molecular formula is C25H28N4O3. The molecule has 1 unspecified atom stereocenters. The van der Waals surface area contributed by atoms with E-state index in [0.717, 1.165) is 42.0 Å². The first-order valence-electron chi connectivity index (χ1n) is 10.9. The van der Waals surface area contributed by atoms with Gasteiger partial charge in [0.05, 0.1) is 12.5 Å². The van der Waals surface area contributed by atoms with Gasteiger partial charge in [-0.2, -0.15) is 4.98 Å². The molecular weight excluding hydrogens is 404 g/mol. The molecule has 1 saturated heterocycles. The first-order chi connectivity index (χ1) is 15.6. The molecule has 166 valence electrons. The average molecular weight is 433 g/mol. The lowest BCUT2D eigenvalue weighted by molar-refractivity contribution is -0.121. The van der Waals surface area contributed by atoms with Gasteiger partial charge >= 0.3 is 0 Å². The van der Waals surface area contributed by atoms with Crippen molar-refractivity contribution in [2.75, 3.05) is 25.0 Å². The van der Waals surface area contributed by atoms with Gasteiger partial charge in [0.2, 0.25) is 17.6 Å². The largest absolute Gasteiger partial charge is 0.490 e. The van der Waals surface area contributed by atoms with Gasteiger partial charge in [0.25, 0.3) is 0 Å². The van der Waals surface area contributed by atoms with Crippen molar-refractivity contribution in [3.8, 4) is 17.1 Å². The van der Waals surface area contributed by atoms with Gasteiger partial charge in [-0.25, -0.2) is 0 Å². The molecule has 4 rings (SSSR count). The molecule has 1 atom stereocenters. The van der Waals surface area contributed by atoms with E-state index in [1.54, 1.807) is 6.08 Å². The number of amides is 1. The highest BCUT2D eigenvalue weighted by molar-refractivity contribution is 5.92. The minimum Gasteiger partial charge on any atom is -0.490 e. The smallest absolute Gasteiger partial charge is 0.241 e. The standard InChI is InChI=1S/C25H28N4O3/c1-3-15-31-21-12-10-20(11-13-21)26-25(30)19-8-6-14-29(16-19)17-23-27-24(28-32-23)22-9-5-4-7-18(22)2/h3-5,7,9-13,19H,1,6,8,14-17H2,2H3,(H,26,30). The fraction of sp³-hybridized carbons (Fsp3) is 0.320. The summed E-state index contributed by atoms with van der Waals surface area (Å²) in [6.45, 7) is 8.22. The molecule has 2 aromatic carbocycles. The maximum Gasteiger partial charge on any atom is 0.241 e. The highest BCUT2D eigenvalue weighted by Crippen LogP contribution is 2.23. The third-order valence-electron chi connectivity index (χ3n) is 5.58. The number of likely N-dealkylation sites (tertiary alicyclic amines) is 1. The van der Waals surface area contributed by atoms with Crippen LogP contribution in [0.5, 0.6) is 5.75 Å². The first-order valence-corrected chi connectivity index (χ1v) is 10.9. The quantitative estimate of drug-likeness (QED) is 0.530. The molecule has 0 saturated carbocycles. The Balaban J connectivity index is 1.33. The summed E-state index contributed by atoms with van der Waals surface area (Å²) in [7, 11) is 0. The normalized spacial score (nSPS) is 16.5. The zero-order valence-corrected chi connectivity index (χ0v) is 18.3. The van der Waals surface area contributed by atoms with Crippen LogP contribution in [0.3, 0.4) is 0 Å². The summed E-state index contributed by atoms with van der Waals surface area (Å²) in [5.41, 5.74) is 2.84. The number of piperidine rings is 1. The topological polar surface area (TPSA) is 80.5 Å². The van der Waals surface area contributed by atoms with Gasteiger partial charge < -0.3 is 14.6 Å². The Bertz CT molecular complexity index is 1060. The summed E-state index contributed by atoms with van der Waals surface area (Å²) >= 11 is 0. The van der Waals surface area contributed by atoms with Crippen LogP contribution < -0.4 is 10.1 Å². The molecule has 3 aromatic rings. The van der Waals surface area contributed by atoms with E-state index in [1.807, 2.05) is 55.5 Å². The minimum absolute atomic E-state index is 0.0283. The Morgan fingerprint density at radius 2 is 2.09 bits per heavy atom. The van der Waals surface area contributed by atoms with Crippen LogP contribution in [0.25, 0.3) is 11.4 Å². The number of benzene rings is 2. The average Bonchev–Trinajstić information content (AvgIpc) is 3.27. The molecule has 7 heteroatoms. The van der Waals surface area contributed by atoms with E-state index in [-0.39, 0.29) is 11.8 Å². The molecule has 0 spiro atoms. The number of aryl methyl sites for hydroxylation is 1. The zero-order valence-electron chi connectivity index (χ0n) is 18.3. The fourth-order valence-corrected chi connectivity index (χ4v) is 3.89. The Morgan fingerprint density at radius 1 is 1.28 bits per heavy atom. The zero-order chi connectivity index (χ0) is 22.3. The van der Waals surface area contributed by atoms with Gasteiger partial charge in [0, 0.05) is 17.8 Å². The summed E-state index contributed by atoms with van der Waals surface area (Å²) in [4.78, 5) is 19.6. The van der Waals surface area contributed by atoms with E-state index in [9.17, 15) is 4.79 Å². The number of nitrogens with one attached hydrogen (secondary N) is 1. The van der Waals surface area contributed by atoms with Crippen molar-refractivity contribution in [1.29, 1.82) is 0 Å². The van der Waals surface area contributed by atoms with Crippen molar-refractivity contribution in [3.05, 3.63) is 72.6 Å². The Morgan fingerprint density at radius 3 is 2.88 bits per heavy atom. The van der Waals surface area contributed by atoms with Gasteiger partial charge in [-0.3, -0.25) is 9.69 Å². The maximum atomic E-state index is 12.8. The number of anilines is 1. The number of carbonyl (C=O) groups is 1. The Hall–Kier alpha value is -3.45. The van der Waals surface area contributed by atoms with Crippen molar-refractivity contribution in [2.45, 2.75) is 26.3 Å². The molecule has 1 N–H and O–H groups in total. The van der Waals surface area contributed by atoms with E-state index in [4.69, 9.17) is 9.26 Å². The molecule has 2 heterocycles. The molecule has 0 radical (unpaired) electrons. The summed E-state index contributed by atoms with van der Waals surface area (Å²) in [5, 5.41) is 7.16. The minimum atomic E-state index is -0.0841. The number of hydrogen-bond donors (Lipinski definition) is 1. The van der Waals surface area contributed by atoms with Crippen LogP contribution in [-0.4, -0.2) is 40.6 Å². The number of nitrogens with zero attached hydrogens (tertiary/aromatic N) is 3. The second-order valence-electron chi connectivity index (χ2n) is 8.01. The molecule has 1 amide bonds. The SMILES string of the molecule is C=CCOc1ccc(NC(=O)C2CCCN(Cc3nc(-c4ccccc4C)no3)C2)cc1. The van der Waals surface area contributed by atoms with Crippen LogP contribution in [0.2, 0.25) is 0 Å². The molecule has 1 aliphatic heterocycles. The molecule has 1 aliphatic rings. The fourth-order valence-electron chi connectivity index (χ4n) is 3.89. The number of aromatic nitrogens is 2. The first kappa shape index (κ1) is 21.8. The molecule has 7 nitrogen and oxygen atoms in total. The van der Waals surface area contributed by atoms with Crippen LogP contribution in [0.15, 0.2) is 65.7 Å². The third-order valence-corrected chi connectivity index (χ3v) is 5.58. The summed E-state index contributed by atoms with van der Waals surface area (Å²) < 4.78 is 11.0. The Labute approximate surface area is 188 Å². The van der Waals surface area contributed by atoms with Gasteiger partial charge in [-0.1, -0.05) is 42.1 Å². The van der Waals surface area contributed by atoms with Crippen LogP contribution in [-0.2, 0) is 11.3 Å². The third kappa shape index (κ3) is 5.42. The van der Waals surface area contributed by atoms with Gasteiger partial charge in [0.15, 0.2) is 0 Å². The van der Waals surface area contributed by atoms with Crippen LogP contribution >= 0.6 is 0 Å². The predicted molar refractivity (Wildman–Crippen MR) is 123 cm³/mol. The van der Waals surface area contributed by atoms with Crippen LogP contribution in [0, 0.1) is 12.8 Å². The molecule has 0 aliphatic carbocycles. The van der Waals surface area contributed by atoms with Crippen LogP contribution in [0.1, 0.15) is 24.3 Å². The lowest BCUT2D eigenvalue weighted by Gasteiger charge is -2.30. The Kier molecular flexibility index (Phi) is 6.97. The van der Waals surface area contributed by atoms with E-state index in [1.165, 1.54) is 0 Å². The van der Waals surface area contributed by atoms with Crippen molar-refractivity contribution in [1.82, 2.24) is 15.0 Å². The summed E-state index contributed by atoms with van der Waals surface area (Å²) in [6.07, 6.45) is 3.51. The van der Waals surface area contributed by atoms with Gasteiger partial charge in [-0.05, 0) is 56.1 Å². The monoisotopic (exact) mass is 432 g/mol.